The molecule has 2 aliphatic carbocycles. The van der Waals surface area contributed by atoms with E-state index in [-0.39, 0.29) is 41.9 Å². The number of halogens is 1. The number of nitriles is 1. The van der Waals surface area contributed by atoms with Gasteiger partial charge in [-0.3, -0.25) is 9.69 Å². The molecule has 6 rings (SSSR count). The van der Waals surface area contributed by atoms with Gasteiger partial charge in [0.1, 0.15) is 11.9 Å². The van der Waals surface area contributed by atoms with Gasteiger partial charge in [-0.1, -0.05) is 25.1 Å². The number of hydrogen-bond acceptors (Lipinski definition) is 5. The van der Waals surface area contributed by atoms with Crippen molar-refractivity contribution in [2.24, 2.45) is 17.6 Å². The summed E-state index contributed by atoms with van der Waals surface area (Å²) in [4.78, 5) is 20.0. The molecule has 33 heavy (non-hydrogen) atoms. The van der Waals surface area contributed by atoms with Crippen LogP contribution in [-0.2, 0) is 4.79 Å². The van der Waals surface area contributed by atoms with Gasteiger partial charge in [0.05, 0.1) is 24.2 Å². The van der Waals surface area contributed by atoms with Gasteiger partial charge in [-0.15, -0.1) is 0 Å². The standard InChI is InChI=1S/C26H32FN5O/c1-15(31-20(12-28)9-18-10-23(18)31)22(29)14-30-13-21-11-24(30)26(33)32(21)25(16-3-2-4-16)17-5-7-19(27)8-6-17/h5-8,16,18,20-25H,1-4,9-11,13-14,29H2/t18-,20?,21+,22?,23?,24?,25?/m1/s1. The number of rotatable bonds is 7. The lowest BCUT2D eigenvalue weighted by Gasteiger charge is -2.45. The van der Waals surface area contributed by atoms with Crippen LogP contribution < -0.4 is 5.73 Å². The molecule has 5 aliphatic rings. The zero-order chi connectivity index (χ0) is 22.9. The molecule has 0 aromatic heterocycles. The van der Waals surface area contributed by atoms with Crippen LogP contribution in [0.1, 0.15) is 50.1 Å². The quantitative estimate of drug-likeness (QED) is 0.693. The van der Waals surface area contributed by atoms with Crippen LogP contribution in [0, 0.1) is 29.0 Å². The minimum atomic E-state index is -0.277. The van der Waals surface area contributed by atoms with Gasteiger partial charge in [0.2, 0.25) is 5.91 Å². The first kappa shape index (κ1) is 21.1. The van der Waals surface area contributed by atoms with E-state index in [2.05, 4.69) is 27.3 Å². The van der Waals surface area contributed by atoms with Crippen LogP contribution in [0.25, 0.3) is 0 Å². The summed E-state index contributed by atoms with van der Waals surface area (Å²) in [5, 5.41) is 9.52. The number of nitrogens with two attached hydrogens (primary N) is 1. The van der Waals surface area contributed by atoms with E-state index >= 15 is 0 Å². The minimum absolute atomic E-state index is 0.0421. The topological polar surface area (TPSA) is 76.6 Å². The van der Waals surface area contributed by atoms with Crippen LogP contribution in [0.5, 0.6) is 0 Å². The van der Waals surface area contributed by atoms with E-state index in [9.17, 15) is 14.4 Å². The van der Waals surface area contributed by atoms with E-state index in [1.807, 2.05) is 12.1 Å². The summed E-state index contributed by atoms with van der Waals surface area (Å²) in [6.07, 6.45) is 6.32. The Bertz CT molecular complexity index is 1000. The lowest BCUT2D eigenvalue weighted by molar-refractivity contribution is -0.141. The Labute approximate surface area is 194 Å². The summed E-state index contributed by atoms with van der Waals surface area (Å²) in [5.74, 6) is 1.02. The summed E-state index contributed by atoms with van der Waals surface area (Å²) in [7, 11) is 0. The maximum atomic E-state index is 13.6. The van der Waals surface area contributed by atoms with Crippen LogP contribution in [0.2, 0.25) is 0 Å². The van der Waals surface area contributed by atoms with Gasteiger partial charge >= 0.3 is 0 Å². The van der Waals surface area contributed by atoms with Crippen LogP contribution >= 0.6 is 0 Å². The summed E-state index contributed by atoms with van der Waals surface area (Å²) in [6, 6.07) is 9.23. The summed E-state index contributed by atoms with van der Waals surface area (Å²) >= 11 is 0. The Morgan fingerprint density at radius 2 is 2.00 bits per heavy atom. The Morgan fingerprint density at radius 1 is 1.24 bits per heavy atom. The van der Waals surface area contributed by atoms with E-state index < -0.39 is 0 Å². The number of nitrogens with zero attached hydrogens (tertiary/aromatic N) is 4. The average Bonchev–Trinajstić information content (AvgIpc) is 3.11. The Balaban J connectivity index is 1.15. The van der Waals surface area contributed by atoms with Gasteiger partial charge in [-0.25, -0.2) is 4.39 Å². The third kappa shape index (κ3) is 3.38. The smallest absolute Gasteiger partial charge is 0.240 e. The highest BCUT2D eigenvalue weighted by molar-refractivity contribution is 5.86. The number of piperazine rings is 1. The molecule has 5 fully saturated rings. The Hall–Kier alpha value is -2.43. The second-order valence-electron chi connectivity index (χ2n) is 10.7. The first-order valence-corrected chi connectivity index (χ1v) is 12.4. The van der Waals surface area contributed by atoms with Crippen LogP contribution in [-0.4, -0.2) is 63.9 Å². The lowest BCUT2D eigenvalue weighted by Crippen LogP contribution is -2.56. The van der Waals surface area contributed by atoms with Gasteiger partial charge in [0, 0.05) is 30.9 Å². The van der Waals surface area contributed by atoms with E-state index in [0.717, 1.165) is 49.9 Å². The largest absolute Gasteiger partial charge is 0.355 e. The van der Waals surface area contributed by atoms with Crippen molar-refractivity contribution in [2.45, 2.75) is 74.8 Å². The highest BCUT2D eigenvalue weighted by Crippen LogP contribution is 2.50. The maximum absolute atomic E-state index is 13.6. The van der Waals surface area contributed by atoms with Crippen LogP contribution in [0.4, 0.5) is 4.39 Å². The second-order valence-corrected chi connectivity index (χ2v) is 10.7. The zero-order valence-electron chi connectivity index (χ0n) is 18.9. The highest BCUT2D eigenvalue weighted by Gasteiger charge is 2.55. The second kappa shape index (κ2) is 7.82. The van der Waals surface area contributed by atoms with E-state index in [1.165, 1.54) is 18.6 Å². The van der Waals surface area contributed by atoms with E-state index in [0.29, 0.717) is 24.4 Å². The summed E-state index contributed by atoms with van der Waals surface area (Å²) in [5.41, 5.74) is 8.47. The molecule has 174 valence electrons. The van der Waals surface area contributed by atoms with E-state index in [1.54, 1.807) is 0 Å². The van der Waals surface area contributed by atoms with Crippen molar-refractivity contribution >= 4 is 5.91 Å². The number of piperidine rings is 1. The van der Waals surface area contributed by atoms with Crippen LogP contribution in [0.3, 0.4) is 0 Å². The third-order valence-electron chi connectivity index (χ3n) is 8.87. The normalized spacial score (nSPS) is 34.7. The molecular weight excluding hydrogens is 417 g/mol. The number of fused-ring (bicyclic) bond motifs is 3. The Morgan fingerprint density at radius 3 is 2.64 bits per heavy atom. The molecule has 1 amide bonds. The molecule has 0 spiro atoms. The van der Waals surface area contributed by atoms with Gasteiger partial charge in [0.15, 0.2) is 0 Å². The highest BCUT2D eigenvalue weighted by atomic mass is 19.1. The predicted molar refractivity (Wildman–Crippen MR) is 122 cm³/mol. The number of amides is 1. The number of hydrogen-bond donors (Lipinski definition) is 1. The summed E-state index contributed by atoms with van der Waals surface area (Å²) < 4.78 is 13.5. The molecule has 2 N–H and O–H groups in total. The van der Waals surface area contributed by atoms with Crippen LogP contribution in [0.15, 0.2) is 36.5 Å². The molecule has 0 radical (unpaired) electrons. The first-order chi connectivity index (χ1) is 16.0. The maximum Gasteiger partial charge on any atom is 0.240 e. The molecule has 2 saturated carbocycles. The van der Waals surface area contributed by atoms with Gasteiger partial charge < -0.3 is 15.5 Å². The van der Waals surface area contributed by atoms with Crippen molar-refractivity contribution in [1.29, 1.82) is 5.26 Å². The van der Waals surface area contributed by atoms with Gasteiger partial charge in [0.25, 0.3) is 0 Å². The van der Waals surface area contributed by atoms with Crippen molar-refractivity contribution in [3.63, 3.8) is 0 Å². The molecule has 3 saturated heterocycles. The fraction of sp³-hybridized carbons (Fsp3) is 0.615. The fourth-order valence-corrected chi connectivity index (χ4v) is 6.87. The number of carbonyl (C=O) groups is 1. The Kier molecular flexibility index (Phi) is 5.00. The fourth-order valence-electron chi connectivity index (χ4n) is 6.87. The van der Waals surface area contributed by atoms with Crippen molar-refractivity contribution in [3.8, 4) is 6.07 Å². The SMILES string of the molecule is C=C(C(N)CN1C[C@@H]2CC1C(=O)N2C(c1ccc(F)cc1)C1CCC1)N1C(C#N)C[C@@H]2CC21. The van der Waals surface area contributed by atoms with Crippen molar-refractivity contribution in [3.05, 3.63) is 47.9 Å². The molecule has 1 aromatic rings. The predicted octanol–water partition coefficient (Wildman–Crippen LogP) is 2.78. The monoisotopic (exact) mass is 449 g/mol. The van der Waals surface area contributed by atoms with E-state index in [4.69, 9.17) is 5.73 Å². The summed E-state index contributed by atoms with van der Waals surface area (Å²) in [6.45, 7) is 5.67. The molecule has 3 heterocycles. The van der Waals surface area contributed by atoms with Gasteiger partial charge in [-0.05, 0) is 61.6 Å². The van der Waals surface area contributed by atoms with Gasteiger partial charge in [-0.2, -0.15) is 5.26 Å². The molecular formula is C26H32FN5O. The molecule has 1 aromatic carbocycles. The zero-order valence-corrected chi connectivity index (χ0v) is 18.9. The molecule has 7 heteroatoms. The average molecular weight is 450 g/mol. The number of likely N-dealkylation sites (tertiary alicyclic amines) is 3. The molecule has 3 aliphatic heterocycles. The molecule has 5 unspecified atom stereocenters. The minimum Gasteiger partial charge on any atom is -0.355 e. The lowest BCUT2D eigenvalue weighted by atomic mass is 9.76. The third-order valence-corrected chi connectivity index (χ3v) is 8.87. The first-order valence-electron chi connectivity index (χ1n) is 12.4. The number of carbonyl (C=O) groups excluding carboxylic acids is 1. The van der Waals surface area contributed by atoms with Crippen molar-refractivity contribution in [1.82, 2.24) is 14.7 Å². The number of benzene rings is 1. The molecule has 6 nitrogen and oxygen atoms in total. The van der Waals surface area contributed by atoms with Crippen molar-refractivity contribution < 1.29 is 9.18 Å². The van der Waals surface area contributed by atoms with Crippen molar-refractivity contribution in [2.75, 3.05) is 13.1 Å². The molecule has 7 atom stereocenters. The molecule has 2 bridgehead atoms.